The number of anilines is 1. The number of carbonyl (C=O) groups is 9. The summed E-state index contributed by atoms with van der Waals surface area (Å²) in [5, 5.41) is 23.7. The van der Waals surface area contributed by atoms with Gasteiger partial charge in [0.05, 0.1) is 76.7 Å². The number of aliphatic hydroxyl groups excluding tert-OH is 1. The summed E-state index contributed by atoms with van der Waals surface area (Å²) in [6, 6.07) is 5.52. The maximum atomic E-state index is 14.4. The fourth-order valence-corrected chi connectivity index (χ4v) is 8.22. The highest BCUT2D eigenvalue weighted by atomic mass is 16.7. The molecule has 28 nitrogen and oxygen atoms in total. The fraction of sp³-hybridized carbons (Fsp3) is 0.549. The van der Waals surface area contributed by atoms with Crippen LogP contribution in [-0.4, -0.2) is 184 Å². The number of esters is 4. The Labute approximate surface area is 453 Å². The van der Waals surface area contributed by atoms with E-state index in [1.54, 1.807) is 20.8 Å². The number of aliphatic hydroxyl groups is 1. The standard InChI is InChI=1S/C51H66N4O24/c1-27-21-35-46(63)55(34-24-38(71-15-10-11-39(59)60)37(67-8)23-32(34)45(62)54(35)25-27)50(66)72-26-31-12-13-36(33(22-31)44(61)52-14-16-69-17-18-70-19-20-73-53-49(65)79-51(5,6)7)77-48-43(76-30(4)58)41(75-29(3)57)40(74-28(2)56)42(78-48)47(64)68-9/h12-13,22-24,35,40-43,46,48,63H,1,10-11,14-21,25-26H2,2-9H3,(H,52,61)(H,53,65)(H,59,60)/t35-,40-,41-,42-,43+,46?,48+/m0/s1. The van der Waals surface area contributed by atoms with E-state index in [9.17, 15) is 48.3 Å². The second-order valence-electron chi connectivity index (χ2n) is 18.7. The van der Waals surface area contributed by atoms with Gasteiger partial charge in [-0.05, 0) is 57.4 Å². The summed E-state index contributed by atoms with van der Waals surface area (Å²) in [5.41, 5.74) is 1.69. The van der Waals surface area contributed by atoms with E-state index in [1.807, 2.05) is 0 Å². The first-order valence-corrected chi connectivity index (χ1v) is 24.7. The van der Waals surface area contributed by atoms with E-state index in [1.165, 1.54) is 42.3 Å². The maximum absolute atomic E-state index is 14.4. The van der Waals surface area contributed by atoms with E-state index in [4.69, 9.17) is 66.8 Å². The average Bonchev–Trinajstić information content (AvgIpc) is 3.96. The zero-order chi connectivity index (χ0) is 58.1. The zero-order valence-electron chi connectivity index (χ0n) is 44.9. The second kappa shape index (κ2) is 28.7. The van der Waals surface area contributed by atoms with Crippen LogP contribution in [0.1, 0.15) is 87.1 Å². The number of hydroxylamine groups is 1. The van der Waals surface area contributed by atoms with E-state index in [-0.39, 0.29) is 112 Å². The number of carboxylic acids is 1. The number of rotatable bonds is 25. The van der Waals surface area contributed by atoms with Gasteiger partial charge < -0.3 is 77.3 Å². The molecule has 0 spiro atoms. The van der Waals surface area contributed by atoms with Crippen molar-refractivity contribution in [2.45, 2.75) is 116 Å². The fourth-order valence-electron chi connectivity index (χ4n) is 8.22. The molecule has 28 heteroatoms. The van der Waals surface area contributed by atoms with Crippen LogP contribution in [0.3, 0.4) is 0 Å². The first kappa shape index (κ1) is 62.1. The van der Waals surface area contributed by atoms with Crippen molar-refractivity contribution in [1.82, 2.24) is 15.7 Å². The Morgan fingerprint density at radius 1 is 0.823 bits per heavy atom. The number of methoxy groups -OCH3 is 2. The molecule has 0 saturated carbocycles. The third-order valence-corrected chi connectivity index (χ3v) is 11.4. The van der Waals surface area contributed by atoms with Gasteiger partial charge in [0.1, 0.15) is 18.0 Å². The molecule has 2 aromatic carbocycles. The molecule has 2 aromatic rings. The lowest BCUT2D eigenvalue weighted by Crippen LogP contribution is -2.64. The number of benzene rings is 2. The van der Waals surface area contributed by atoms with Crippen molar-refractivity contribution in [1.29, 1.82) is 0 Å². The summed E-state index contributed by atoms with van der Waals surface area (Å²) in [5.74, 6) is -6.60. The Hall–Kier alpha value is -7.79. The number of aliphatic carboxylic acids is 1. The van der Waals surface area contributed by atoms with Gasteiger partial charge in [-0.3, -0.25) is 33.6 Å². The Morgan fingerprint density at radius 3 is 2.13 bits per heavy atom. The monoisotopic (exact) mass is 1120 g/mol. The van der Waals surface area contributed by atoms with Crippen molar-refractivity contribution in [3.05, 3.63) is 59.2 Å². The molecule has 79 heavy (non-hydrogen) atoms. The molecule has 2 saturated heterocycles. The van der Waals surface area contributed by atoms with Crippen LogP contribution in [0, 0.1) is 0 Å². The topological polar surface area (TPSA) is 345 Å². The predicted octanol–water partition coefficient (Wildman–Crippen LogP) is 2.48. The number of hydrogen-bond acceptors (Lipinski definition) is 23. The van der Waals surface area contributed by atoms with Crippen LogP contribution in [0.5, 0.6) is 17.2 Å². The predicted molar refractivity (Wildman–Crippen MR) is 266 cm³/mol. The van der Waals surface area contributed by atoms with Crippen molar-refractivity contribution in [3.8, 4) is 17.2 Å². The molecule has 0 aromatic heterocycles. The lowest BCUT2D eigenvalue weighted by molar-refractivity contribution is -0.282. The smallest absolute Gasteiger partial charge is 0.431 e. The third-order valence-electron chi connectivity index (χ3n) is 11.4. The van der Waals surface area contributed by atoms with Gasteiger partial charge in [-0.25, -0.2) is 19.3 Å². The summed E-state index contributed by atoms with van der Waals surface area (Å²) in [4.78, 5) is 123. The van der Waals surface area contributed by atoms with Gasteiger partial charge in [-0.15, -0.1) is 0 Å². The van der Waals surface area contributed by atoms with Crippen LogP contribution in [0.4, 0.5) is 15.3 Å². The van der Waals surface area contributed by atoms with Crippen LogP contribution in [0.25, 0.3) is 0 Å². The lowest BCUT2D eigenvalue weighted by atomic mass is 9.97. The molecule has 7 atom stereocenters. The van der Waals surface area contributed by atoms with Gasteiger partial charge in [-0.2, -0.15) is 5.48 Å². The number of fused-ring (bicyclic) bond motifs is 2. The highest BCUT2D eigenvalue weighted by Gasteiger charge is 2.56. The quantitative estimate of drug-likeness (QED) is 0.0365. The SMILES string of the molecule is C=C1C[C@H]2C(O)N(C(=O)OCc3ccc(O[C@@H]4O[C@H](C(=O)OC)[C@@H](OC(C)=O)[C@H](OC(C)=O)[C@H]4OC(C)=O)c(C(=O)NCCOCCOCCONC(=O)OC(C)(C)C)c3)c3cc(OCCCC(=O)O)c(OC)cc3C(=O)N2C1. The molecule has 0 radical (unpaired) electrons. The molecule has 3 aliphatic heterocycles. The molecular formula is C51H66N4O24. The van der Waals surface area contributed by atoms with Crippen LogP contribution in [0.15, 0.2) is 42.5 Å². The molecule has 4 N–H and O–H groups in total. The third kappa shape index (κ3) is 17.6. The molecule has 3 aliphatic rings. The Morgan fingerprint density at radius 2 is 1.48 bits per heavy atom. The highest BCUT2D eigenvalue weighted by Crippen LogP contribution is 2.42. The Bertz CT molecular complexity index is 2570. The Kier molecular flexibility index (Phi) is 22.6. The molecule has 0 bridgehead atoms. The van der Waals surface area contributed by atoms with Crippen LogP contribution < -0.4 is 29.9 Å². The van der Waals surface area contributed by atoms with E-state index in [0.29, 0.717) is 5.57 Å². The molecule has 5 rings (SSSR count). The number of carboxylic acid groups (broad SMARTS) is 1. The molecule has 4 amide bonds. The summed E-state index contributed by atoms with van der Waals surface area (Å²) < 4.78 is 66.5. The first-order chi connectivity index (χ1) is 37.4. The molecule has 0 aliphatic carbocycles. The number of nitrogens with one attached hydrogen (secondary N) is 2. The van der Waals surface area contributed by atoms with E-state index in [0.717, 1.165) is 32.8 Å². The second-order valence-corrected chi connectivity index (χ2v) is 18.7. The normalized spacial score (nSPS) is 20.5. The lowest BCUT2D eigenvalue weighted by Gasteiger charge is -2.43. The highest BCUT2D eigenvalue weighted by molar-refractivity contribution is 6.06. The largest absolute Gasteiger partial charge is 0.493 e. The molecule has 2 fully saturated rings. The number of nitrogens with zero attached hydrogens (tertiary/aromatic N) is 2. The average molecular weight is 1120 g/mol. The minimum absolute atomic E-state index is 0.00161. The van der Waals surface area contributed by atoms with Crippen LogP contribution in [-0.2, 0) is 78.0 Å². The number of carbonyl (C=O) groups excluding carboxylic acids is 8. The Balaban J connectivity index is 1.41. The van der Waals surface area contributed by atoms with E-state index < -0.39 is 109 Å². The minimum Gasteiger partial charge on any atom is -0.493 e. The van der Waals surface area contributed by atoms with E-state index >= 15 is 0 Å². The summed E-state index contributed by atoms with van der Waals surface area (Å²) in [6.07, 6.45) is -12.6. The van der Waals surface area contributed by atoms with Gasteiger partial charge in [0, 0.05) is 46.3 Å². The molecule has 434 valence electrons. The molecule has 3 heterocycles. The number of hydrogen-bond donors (Lipinski definition) is 4. The van der Waals surface area contributed by atoms with Gasteiger partial charge in [-0.1, -0.05) is 18.2 Å². The van der Waals surface area contributed by atoms with Crippen molar-refractivity contribution in [2.24, 2.45) is 0 Å². The van der Waals surface area contributed by atoms with Crippen LogP contribution in [0.2, 0.25) is 0 Å². The van der Waals surface area contributed by atoms with Gasteiger partial charge in [0.2, 0.25) is 12.4 Å². The first-order valence-electron chi connectivity index (χ1n) is 24.7. The number of amides is 4. The van der Waals surface area contributed by atoms with Gasteiger partial charge in [0.15, 0.2) is 36.0 Å². The van der Waals surface area contributed by atoms with Gasteiger partial charge >= 0.3 is 42.0 Å². The van der Waals surface area contributed by atoms with E-state index in [2.05, 4.69) is 17.4 Å². The van der Waals surface area contributed by atoms with Crippen molar-refractivity contribution in [2.75, 3.05) is 71.9 Å². The minimum atomic E-state index is -1.88. The van der Waals surface area contributed by atoms with Gasteiger partial charge in [0.25, 0.3) is 11.8 Å². The van der Waals surface area contributed by atoms with Crippen LogP contribution >= 0.6 is 0 Å². The number of ether oxygens (including phenoxy) is 12. The van der Waals surface area contributed by atoms with Crippen molar-refractivity contribution >= 4 is 59.5 Å². The zero-order valence-corrected chi connectivity index (χ0v) is 44.9. The summed E-state index contributed by atoms with van der Waals surface area (Å²) in [7, 11) is 2.32. The van der Waals surface area contributed by atoms with Crippen molar-refractivity contribution < 1.29 is 115 Å². The molecular weight excluding hydrogens is 1050 g/mol. The summed E-state index contributed by atoms with van der Waals surface area (Å²) in [6.45, 7) is 11.6. The maximum Gasteiger partial charge on any atom is 0.431 e. The summed E-state index contributed by atoms with van der Waals surface area (Å²) >= 11 is 0. The molecule has 1 unspecified atom stereocenters. The van der Waals surface area contributed by atoms with Crippen molar-refractivity contribution in [3.63, 3.8) is 0 Å².